The van der Waals surface area contributed by atoms with Crippen molar-refractivity contribution in [2.75, 3.05) is 36.2 Å². The van der Waals surface area contributed by atoms with E-state index in [0.29, 0.717) is 40.6 Å². The van der Waals surface area contributed by atoms with Gasteiger partial charge in [0.25, 0.3) is 0 Å². The highest BCUT2D eigenvalue weighted by atomic mass is 32.2. The lowest BCUT2D eigenvalue weighted by Crippen LogP contribution is -2.44. The molecule has 2 amide bonds. The van der Waals surface area contributed by atoms with Crippen LogP contribution in [-0.4, -0.2) is 76.4 Å². The number of hydrogen-bond donors (Lipinski definition) is 4. The standard InChI is InChI=1S/C24H25N5O6S/c1-34-21-5-3-15-22(28-21)13(6-7-26-15)9-25-10-17(30)23(32)18-11-29(24(33)35-18)14-2-4-19-16(8-14)27-20(31)12-36-19/h2-8,17-18,23,25,30,32H,9-12H2,1H3,(H,27,31)/t17-,18-,23+/m0/s1. The van der Waals surface area contributed by atoms with E-state index in [1.54, 1.807) is 31.5 Å². The lowest BCUT2D eigenvalue weighted by Gasteiger charge is -2.23. The molecule has 2 aromatic heterocycles. The third-order valence-corrected chi connectivity index (χ3v) is 7.11. The van der Waals surface area contributed by atoms with Crippen LogP contribution < -0.4 is 20.3 Å². The Hall–Kier alpha value is -3.45. The molecule has 1 aromatic carbocycles. The van der Waals surface area contributed by atoms with Crippen molar-refractivity contribution in [2.45, 2.75) is 29.8 Å². The van der Waals surface area contributed by atoms with Gasteiger partial charge in [-0.15, -0.1) is 11.8 Å². The molecule has 0 bridgehead atoms. The van der Waals surface area contributed by atoms with Crippen molar-refractivity contribution in [1.29, 1.82) is 0 Å². The van der Waals surface area contributed by atoms with Gasteiger partial charge in [0.1, 0.15) is 6.10 Å². The summed E-state index contributed by atoms with van der Waals surface area (Å²) in [7, 11) is 1.54. The number of thioether (sulfide) groups is 1. The Balaban J connectivity index is 1.19. The molecule has 0 aliphatic carbocycles. The third kappa shape index (κ3) is 4.93. The molecule has 2 aliphatic rings. The summed E-state index contributed by atoms with van der Waals surface area (Å²) in [6.07, 6.45) is -2.35. The summed E-state index contributed by atoms with van der Waals surface area (Å²) in [5, 5.41) is 27.1. The molecule has 0 unspecified atom stereocenters. The normalized spacial score (nSPS) is 19.0. The van der Waals surface area contributed by atoms with Crippen LogP contribution in [0, 0.1) is 0 Å². The molecule has 1 saturated heterocycles. The molecule has 0 spiro atoms. The summed E-state index contributed by atoms with van der Waals surface area (Å²) < 4.78 is 10.5. The molecule has 11 nitrogen and oxygen atoms in total. The van der Waals surface area contributed by atoms with Crippen LogP contribution in [0.1, 0.15) is 5.56 Å². The first-order valence-corrected chi connectivity index (χ1v) is 12.3. The van der Waals surface area contributed by atoms with Gasteiger partial charge < -0.3 is 30.3 Å². The summed E-state index contributed by atoms with van der Waals surface area (Å²) >= 11 is 1.43. The first kappa shape index (κ1) is 24.3. The molecule has 2 aliphatic heterocycles. The van der Waals surface area contributed by atoms with Crippen molar-refractivity contribution >= 4 is 46.2 Å². The number of rotatable bonds is 8. The minimum Gasteiger partial charge on any atom is -0.481 e. The summed E-state index contributed by atoms with van der Waals surface area (Å²) in [4.78, 5) is 35.2. The monoisotopic (exact) mass is 511 g/mol. The molecule has 12 heteroatoms. The van der Waals surface area contributed by atoms with Gasteiger partial charge >= 0.3 is 6.09 Å². The predicted molar refractivity (Wildman–Crippen MR) is 133 cm³/mol. The average molecular weight is 512 g/mol. The fourth-order valence-electron chi connectivity index (χ4n) is 4.15. The van der Waals surface area contributed by atoms with Gasteiger partial charge in [-0.25, -0.2) is 9.78 Å². The fourth-order valence-corrected chi connectivity index (χ4v) is 4.94. The Kier molecular flexibility index (Phi) is 6.92. The number of pyridine rings is 2. The number of aliphatic hydroxyl groups excluding tert-OH is 2. The van der Waals surface area contributed by atoms with Gasteiger partial charge in [-0.2, -0.15) is 0 Å². The second-order valence-corrected chi connectivity index (χ2v) is 9.45. The average Bonchev–Trinajstić information content (AvgIpc) is 3.28. The summed E-state index contributed by atoms with van der Waals surface area (Å²) in [6.45, 7) is 0.499. The van der Waals surface area contributed by atoms with E-state index in [9.17, 15) is 19.8 Å². The lowest BCUT2D eigenvalue weighted by molar-refractivity contribution is -0.113. The van der Waals surface area contributed by atoms with Crippen molar-refractivity contribution in [2.24, 2.45) is 0 Å². The Morgan fingerprint density at radius 3 is 2.97 bits per heavy atom. The number of nitrogens with zero attached hydrogens (tertiary/aromatic N) is 3. The second-order valence-electron chi connectivity index (χ2n) is 8.43. The highest BCUT2D eigenvalue weighted by Crippen LogP contribution is 2.35. The maximum Gasteiger partial charge on any atom is 0.414 e. The molecule has 5 rings (SSSR count). The van der Waals surface area contributed by atoms with E-state index in [0.717, 1.165) is 10.5 Å². The third-order valence-electron chi connectivity index (χ3n) is 6.04. The first-order valence-electron chi connectivity index (χ1n) is 11.3. The summed E-state index contributed by atoms with van der Waals surface area (Å²) in [5.41, 5.74) is 3.42. The van der Waals surface area contributed by atoms with E-state index >= 15 is 0 Å². The van der Waals surface area contributed by atoms with Crippen molar-refractivity contribution in [1.82, 2.24) is 15.3 Å². The smallest absolute Gasteiger partial charge is 0.414 e. The number of anilines is 2. The van der Waals surface area contributed by atoms with E-state index in [2.05, 4.69) is 20.6 Å². The Morgan fingerprint density at radius 2 is 2.14 bits per heavy atom. The number of nitrogens with one attached hydrogen (secondary N) is 2. The maximum atomic E-state index is 12.5. The SMILES string of the molecule is COc1ccc2nccc(CNC[C@H](O)[C@@H](O)[C@@H]3CN(c4ccc5c(c4)NC(=O)CS5)C(=O)O3)c2n1. The zero-order valence-corrected chi connectivity index (χ0v) is 20.2. The largest absolute Gasteiger partial charge is 0.481 e. The Bertz CT molecular complexity index is 1310. The number of aromatic nitrogens is 2. The van der Waals surface area contributed by atoms with Crippen LogP contribution in [0.3, 0.4) is 0 Å². The fraction of sp³-hybridized carbons (Fsp3) is 0.333. The van der Waals surface area contributed by atoms with Gasteiger partial charge in [0.2, 0.25) is 11.8 Å². The predicted octanol–water partition coefficient (Wildman–Crippen LogP) is 1.52. The first-order chi connectivity index (χ1) is 17.4. The number of ether oxygens (including phenoxy) is 2. The van der Waals surface area contributed by atoms with E-state index < -0.39 is 24.4 Å². The highest BCUT2D eigenvalue weighted by molar-refractivity contribution is 8.00. The Morgan fingerprint density at radius 1 is 1.28 bits per heavy atom. The van der Waals surface area contributed by atoms with Gasteiger partial charge in [0.05, 0.1) is 42.2 Å². The van der Waals surface area contributed by atoms with Crippen LogP contribution in [0.25, 0.3) is 11.0 Å². The molecule has 1 fully saturated rings. The Labute approximate surface area is 210 Å². The summed E-state index contributed by atoms with van der Waals surface area (Å²) in [5.74, 6) is 0.715. The molecule has 188 valence electrons. The van der Waals surface area contributed by atoms with E-state index in [4.69, 9.17) is 9.47 Å². The molecule has 36 heavy (non-hydrogen) atoms. The van der Waals surface area contributed by atoms with Gasteiger partial charge in [-0.1, -0.05) is 0 Å². The zero-order chi connectivity index (χ0) is 25.2. The quantitative estimate of drug-likeness (QED) is 0.351. The van der Waals surface area contributed by atoms with Gasteiger partial charge in [-0.3, -0.25) is 14.7 Å². The number of methoxy groups -OCH3 is 1. The number of benzene rings is 1. The van der Waals surface area contributed by atoms with Crippen molar-refractivity contribution < 1.29 is 29.3 Å². The maximum absolute atomic E-state index is 12.5. The molecule has 3 aromatic rings. The van der Waals surface area contributed by atoms with Crippen molar-refractivity contribution in [3.63, 3.8) is 0 Å². The molecule has 0 radical (unpaired) electrons. The topological polar surface area (TPSA) is 146 Å². The van der Waals surface area contributed by atoms with Crippen LogP contribution in [0.4, 0.5) is 16.2 Å². The van der Waals surface area contributed by atoms with E-state index in [1.165, 1.54) is 16.7 Å². The zero-order valence-electron chi connectivity index (χ0n) is 19.4. The summed E-state index contributed by atoms with van der Waals surface area (Å²) in [6, 6.07) is 10.7. The van der Waals surface area contributed by atoms with Gasteiger partial charge in [-0.05, 0) is 35.9 Å². The number of hydrogen-bond acceptors (Lipinski definition) is 10. The number of carbonyl (C=O) groups excluding carboxylic acids is 2. The van der Waals surface area contributed by atoms with Crippen LogP contribution >= 0.6 is 11.8 Å². The van der Waals surface area contributed by atoms with Crippen molar-refractivity contribution in [3.8, 4) is 5.88 Å². The van der Waals surface area contributed by atoms with Gasteiger partial charge in [0, 0.05) is 35.9 Å². The number of fused-ring (bicyclic) bond motifs is 2. The van der Waals surface area contributed by atoms with Crippen LogP contribution in [0.15, 0.2) is 47.5 Å². The molecule has 3 atom stereocenters. The number of carbonyl (C=O) groups is 2. The minimum absolute atomic E-state index is 0.0606. The molecule has 0 saturated carbocycles. The van der Waals surface area contributed by atoms with Crippen LogP contribution in [0.5, 0.6) is 5.88 Å². The minimum atomic E-state index is -1.30. The molecule has 4 N–H and O–H groups in total. The van der Waals surface area contributed by atoms with Crippen LogP contribution in [-0.2, 0) is 16.1 Å². The highest BCUT2D eigenvalue weighted by Gasteiger charge is 2.39. The second kappa shape index (κ2) is 10.3. The molecular weight excluding hydrogens is 486 g/mol. The molecular formula is C24H25N5O6S. The lowest BCUT2D eigenvalue weighted by atomic mass is 10.1. The molecule has 4 heterocycles. The van der Waals surface area contributed by atoms with E-state index in [1.807, 2.05) is 18.2 Å². The van der Waals surface area contributed by atoms with Crippen molar-refractivity contribution in [3.05, 3.63) is 48.2 Å². The number of cyclic esters (lactones) is 1. The van der Waals surface area contributed by atoms with E-state index in [-0.39, 0.29) is 19.0 Å². The number of aliphatic hydroxyl groups is 2. The number of amides is 2. The van der Waals surface area contributed by atoms with Gasteiger partial charge in [0.15, 0.2) is 6.10 Å². The van der Waals surface area contributed by atoms with Crippen LogP contribution in [0.2, 0.25) is 0 Å².